The number of carbonyl (C=O) groups excluding carboxylic acids is 1. The van der Waals surface area contributed by atoms with E-state index in [0.29, 0.717) is 17.8 Å². The van der Waals surface area contributed by atoms with Crippen LogP contribution < -0.4 is 9.62 Å². The summed E-state index contributed by atoms with van der Waals surface area (Å²) >= 11 is 6.24. The van der Waals surface area contributed by atoms with Crippen LogP contribution in [0.2, 0.25) is 5.02 Å². The van der Waals surface area contributed by atoms with E-state index in [4.69, 9.17) is 16.3 Å². The number of rotatable bonds is 7. The lowest BCUT2D eigenvalue weighted by molar-refractivity contribution is 0.0342. The number of amides is 1. The van der Waals surface area contributed by atoms with Gasteiger partial charge in [-0.2, -0.15) is 0 Å². The van der Waals surface area contributed by atoms with Crippen molar-refractivity contribution in [1.29, 1.82) is 0 Å². The van der Waals surface area contributed by atoms with E-state index in [1.165, 1.54) is 24.7 Å². The van der Waals surface area contributed by atoms with Crippen molar-refractivity contribution in [2.24, 2.45) is 0 Å². The molecule has 9 heteroatoms. The van der Waals surface area contributed by atoms with Gasteiger partial charge in [-0.1, -0.05) is 35.9 Å². The van der Waals surface area contributed by atoms with Crippen LogP contribution in [-0.4, -0.2) is 58.8 Å². The third-order valence-corrected chi connectivity index (χ3v) is 6.53. The molecule has 1 heterocycles. The molecule has 1 fully saturated rings. The van der Waals surface area contributed by atoms with Gasteiger partial charge >= 0.3 is 0 Å². The van der Waals surface area contributed by atoms with Gasteiger partial charge in [-0.05, 0) is 29.3 Å². The summed E-state index contributed by atoms with van der Waals surface area (Å²) in [6.45, 7) is 4.59. The highest BCUT2D eigenvalue weighted by Crippen LogP contribution is 2.24. The third-order valence-electron chi connectivity index (χ3n) is 5.01. The van der Waals surface area contributed by atoms with Crippen LogP contribution in [0.3, 0.4) is 0 Å². The predicted octanol–water partition coefficient (Wildman–Crippen LogP) is 2.50. The molecule has 0 saturated carbocycles. The lowest BCUT2D eigenvalue weighted by atomic mass is 10.1. The van der Waals surface area contributed by atoms with E-state index in [0.717, 1.165) is 49.0 Å². The average Bonchev–Trinajstić information content (AvgIpc) is 2.72. The van der Waals surface area contributed by atoms with Gasteiger partial charge in [-0.3, -0.25) is 14.0 Å². The molecule has 1 N–H and O–H groups in total. The first-order chi connectivity index (χ1) is 14.2. The van der Waals surface area contributed by atoms with Crippen molar-refractivity contribution in [2.75, 3.05) is 43.9 Å². The van der Waals surface area contributed by atoms with E-state index in [9.17, 15) is 13.2 Å². The van der Waals surface area contributed by atoms with Crippen LogP contribution in [0.5, 0.6) is 0 Å². The number of nitrogens with one attached hydrogen (secondary N) is 1. The minimum absolute atomic E-state index is 0.196. The largest absolute Gasteiger partial charge is 0.379 e. The standard InChI is InChI=1S/C21H26ClN3O4S/c1-24(30(2,27)28)18-6-7-19(20(22)13-18)21(26)23-14-16-4-3-5-17(12-16)15-25-8-10-29-11-9-25/h3-7,12-13H,8-11,14-15H2,1-2H3,(H,23,26). The summed E-state index contributed by atoms with van der Waals surface area (Å²) in [6.07, 6.45) is 1.11. The Morgan fingerprint density at radius 1 is 1.17 bits per heavy atom. The van der Waals surface area contributed by atoms with Crippen molar-refractivity contribution in [3.05, 3.63) is 64.2 Å². The average molecular weight is 452 g/mol. The summed E-state index contributed by atoms with van der Waals surface area (Å²) in [5.74, 6) is -0.313. The van der Waals surface area contributed by atoms with Crippen LogP contribution in [0, 0.1) is 0 Å². The molecular formula is C21H26ClN3O4S. The second-order valence-electron chi connectivity index (χ2n) is 7.29. The van der Waals surface area contributed by atoms with E-state index >= 15 is 0 Å². The maximum Gasteiger partial charge on any atom is 0.253 e. The molecule has 1 aliphatic heterocycles. The summed E-state index contributed by atoms with van der Waals surface area (Å²) in [5, 5.41) is 3.07. The van der Waals surface area contributed by atoms with Crippen molar-refractivity contribution >= 4 is 33.2 Å². The van der Waals surface area contributed by atoms with E-state index in [2.05, 4.69) is 22.3 Å². The van der Waals surface area contributed by atoms with Crippen LogP contribution >= 0.6 is 11.6 Å². The van der Waals surface area contributed by atoms with Crippen molar-refractivity contribution in [3.8, 4) is 0 Å². The second kappa shape index (κ2) is 9.78. The molecule has 0 spiro atoms. The van der Waals surface area contributed by atoms with Gasteiger partial charge in [-0.25, -0.2) is 8.42 Å². The van der Waals surface area contributed by atoms with E-state index in [-0.39, 0.29) is 10.9 Å². The molecule has 0 aromatic heterocycles. The van der Waals surface area contributed by atoms with Crippen LogP contribution in [0.1, 0.15) is 21.5 Å². The molecule has 0 atom stereocenters. The fourth-order valence-corrected chi connectivity index (χ4v) is 3.97. The van der Waals surface area contributed by atoms with Gasteiger partial charge in [0.1, 0.15) is 0 Å². The molecule has 1 aliphatic rings. The number of halogens is 1. The van der Waals surface area contributed by atoms with Gasteiger partial charge in [0.05, 0.1) is 35.7 Å². The van der Waals surface area contributed by atoms with Crippen LogP contribution in [0.15, 0.2) is 42.5 Å². The predicted molar refractivity (Wildman–Crippen MR) is 118 cm³/mol. The molecule has 0 aliphatic carbocycles. The summed E-state index contributed by atoms with van der Waals surface area (Å²) in [4.78, 5) is 14.9. The Balaban J connectivity index is 1.62. The molecule has 162 valence electrons. The number of benzene rings is 2. The molecule has 0 bridgehead atoms. The zero-order chi connectivity index (χ0) is 21.7. The van der Waals surface area contributed by atoms with Crippen LogP contribution in [0.25, 0.3) is 0 Å². The van der Waals surface area contributed by atoms with Crippen molar-refractivity contribution in [3.63, 3.8) is 0 Å². The number of hydrogen-bond donors (Lipinski definition) is 1. The Labute approximate surface area is 182 Å². The van der Waals surface area contributed by atoms with Gasteiger partial charge in [-0.15, -0.1) is 0 Å². The minimum Gasteiger partial charge on any atom is -0.379 e. The number of anilines is 1. The monoisotopic (exact) mass is 451 g/mol. The van der Waals surface area contributed by atoms with Crippen LogP contribution in [0.4, 0.5) is 5.69 Å². The lowest BCUT2D eigenvalue weighted by Crippen LogP contribution is -2.35. The van der Waals surface area contributed by atoms with E-state index in [1.54, 1.807) is 6.07 Å². The molecule has 2 aromatic rings. The first-order valence-electron chi connectivity index (χ1n) is 9.63. The summed E-state index contributed by atoms with van der Waals surface area (Å²) in [7, 11) is -1.97. The topological polar surface area (TPSA) is 79.0 Å². The van der Waals surface area contributed by atoms with E-state index in [1.807, 2.05) is 12.1 Å². The fraction of sp³-hybridized carbons (Fsp3) is 0.381. The molecular weight excluding hydrogens is 426 g/mol. The maximum absolute atomic E-state index is 12.6. The number of morpholine rings is 1. The molecule has 1 amide bonds. The van der Waals surface area contributed by atoms with Gasteiger partial charge in [0.25, 0.3) is 5.91 Å². The number of sulfonamides is 1. The Bertz CT molecular complexity index is 1010. The Morgan fingerprint density at radius 2 is 1.87 bits per heavy atom. The second-order valence-corrected chi connectivity index (χ2v) is 9.71. The first kappa shape index (κ1) is 22.6. The molecule has 3 rings (SSSR count). The third kappa shape index (κ3) is 5.95. The summed E-state index contributed by atoms with van der Waals surface area (Å²) in [5.41, 5.74) is 2.88. The number of ether oxygens (including phenoxy) is 1. The zero-order valence-electron chi connectivity index (χ0n) is 17.1. The molecule has 0 radical (unpaired) electrons. The zero-order valence-corrected chi connectivity index (χ0v) is 18.7. The molecule has 30 heavy (non-hydrogen) atoms. The molecule has 1 saturated heterocycles. The number of nitrogens with zero attached hydrogens (tertiary/aromatic N) is 2. The summed E-state index contributed by atoms with van der Waals surface area (Å²) in [6, 6.07) is 12.7. The lowest BCUT2D eigenvalue weighted by Gasteiger charge is -2.26. The van der Waals surface area contributed by atoms with Crippen molar-refractivity contribution in [1.82, 2.24) is 10.2 Å². The Kier molecular flexibility index (Phi) is 7.36. The minimum atomic E-state index is -3.40. The van der Waals surface area contributed by atoms with Gasteiger partial charge in [0.2, 0.25) is 10.0 Å². The molecule has 0 unspecified atom stereocenters. The van der Waals surface area contributed by atoms with Gasteiger partial charge in [0.15, 0.2) is 0 Å². The number of carbonyl (C=O) groups is 1. The highest BCUT2D eigenvalue weighted by Gasteiger charge is 2.16. The first-order valence-corrected chi connectivity index (χ1v) is 11.9. The van der Waals surface area contributed by atoms with Crippen molar-refractivity contribution in [2.45, 2.75) is 13.1 Å². The summed E-state index contributed by atoms with van der Waals surface area (Å²) < 4.78 is 29.8. The van der Waals surface area contributed by atoms with Crippen molar-refractivity contribution < 1.29 is 17.9 Å². The smallest absolute Gasteiger partial charge is 0.253 e. The Hall–Kier alpha value is -2.13. The quantitative estimate of drug-likeness (QED) is 0.699. The normalized spacial score (nSPS) is 15.0. The highest BCUT2D eigenvalue weighted by molar-refractivity contribution is 7.92. The van der Waals surface area contributed by atoms with E-state index < -0.39 is 10.0 Å². The molecule has 2 aromatic carbocycles. The maximum atomic E-state index is 12.6. The fourth-order valence-electron chi connectivity index (χ4n) is 3.21. The Morgan fingerprint density at radius 3 is 2.53 bits per heavy atom. The van der Waals surface area contributed by atoms with Crippen LogP contribution in [-0.2, 0) is 27.8 Å². The SMILES string of the molecule is CN(c1ccc(C(=O)NCc2cccc(CN3CCOCC3)c2)c(Cl)c1)S(C)(=O)=O. The van der Waals surface area contributed by atoms with Gasteiger partial charge in [0, 0.05) is 33.2 Å². The number of hydrogen-bond acceptors (Lipinski definition) is 5. The molecule has 7 nitrogen and oxygen atoms in total. The highest BCUT2D eigenvalue weighted by atomic mass is 35.5. The van der Waals surface area contributed by atoms with Gasteiger partial charge < -0.3 is 10.1 Å².